The van der Waals surface area contributed by atoms with E-state index in [2.05, 4.69) is 37.3 Å². The quantitative estimate of drug-likeness (QED) is 0.419. The van der Waals surface area contributed by atoms with Crippen LogP contribution in [0.4, 0.5) is 0 Å². The van der Waals surface area contributed by atoms with Gasteiger partial charge in [0.1, 0.15) is 0 Å². The van der Waals surface area contributed by atoms with Gasteiger partial charge in [-0.25, -0.2) is 0 Å². The molecule has 0 unspecified atom stereocenters. The van der Waals surface area contributed by atoms with Crippen LogP contribution in [0.25, 0.3) is 0 Å². The molecule has 1 aromatic carbocycles. The SMILES string of the molecule is CCCCCCCCCC[Si]c1ccccc1. The first-order chi connectivity index (χ1) is 8.43. The number of hydrogen-bond acceptors (Lipinski definition) is 0. The minimum absolute atomic E-state index is 1.02. The van der Waals surface area contributed by atoms with Crippen LogP contribution in [0.3, 0.4) is 0 Å². The smallest absolute Gasteiger partial charge is 0.0654 e. The highest BCUT2D eigenvalue weighted by Gasteiger charge is 1.94. The minimum atomic E-state index is 1.02. The lowest BCUT2D eigenvalue weighted by Crippen LogP contribution is -2.12. The van der Waals surface area contributed by atoms with E-state index < -0.39 is 0 Å². The third-order valence-corrected chi connectivity index (χ3v) is 4.48. The van der Waals surface area contributed by atoms with Crippen molar-refractivity contribution in [3.8, 4) is 0 Å². The molecule has 2 radical (unpaired) electrons. The Morgan fingerprint density at radius 1 is 0.765 bits per heavy atom. The van der Waals surface area contributed by atoms with Crippen molar-refractivity contribution in [1.29, 1.82) is 0 Å². The zero-order chi connectivity index (χ0) is 12.2. The van der Waals surface area contributed by atoms with Crippen LogP contribution in [0, 0.1) is 0 Å². The number of unbranched alkanes of at least 4 members (excludes halogenated alkanes) is 7. The lowest BCUT2D eigenvalue weighted by molar-refractivity contribution is 0.585. The lowest BCUT2D eigenvalue weighted by Gasteiger charge is -2.01. The Labute approximate surface area is 110 Å². The summed E-state index contributed by atoms with van der Waals surface area (Å²) in [7, 11) is 1.02. The molecular weight excluding hydrogens is 220 g/mol. The Kier molecular flexibility index (Phi) is 9.02. The van der Waals surface area contributed by atoms with Crippen molar-refractivity contribution in [3.63, 3.8) is 0 Å². The fourth-order valence-electron chi connectivity index (χ4n) is 2.05. The molecule has 0 saturated heterocycles. The van der Waals surface area contributed by atoms with Crippen LogP contribution in [-0.2, 0) is 0 Å². The summed E-state index contributed by atoms with van der Waals surface area (Å²) in [6.07, 6.45) is 11.4. The number of rotatable bonds is 10. The van der Waals surface area contributed by atoms with E-state index in [4.69, 9.17) is 0 Å². The summed E-state index contributed by atoms with van der Waals surface area (Å²) in [5.41, 5.74) is 0. The molecule has 0 aliphatic carbocycles. The van der Waals surface area contributed by atoms with E-state index in [9.17, 15) is 0 Å². The van der Waals surface area contributed by atoms with E-state index >= 15 is 0 Å². The van der Waals surface area contributed by atoms with Gasteiger partial charge in [-0.1, -0.05) is 99.9 Å². The molecule has 0 aliphatic rings. The molecule has 0 spiro atoms. The molecule has 0 saturated carbocycles. The highest BCUT2D eigenvalue weighted by molar-refractivity contribution is 6.53. The molecule has 0 N–H and O–H groups in total. The van der Waals surface area contributed by atoms with Gasteiger partial charge in [0.25, 0.3) is 0 Å². The van der Waals surface area contributed by atoms with Crippen molar-refractivity contribution in [3.05, 3.63) is 30.3 Å². The average molecular weight is 246 g/mol. The van der Waals surface area contributed by atoms with E-state index in [0.29, 0.717) is 0 Å². The summed E-state index contributed by atoms with van der Waals surface area (Å²) in [4.78, 5) is 0. The predicted octanol–water partition coefficient (Wildman–Crippen LogP) is 4.58. The Balaban J connectivity index is 1.85. The van der Waals surface area contributed by atoms with Gasteiger partial charge in [0.05, 0.1) is 9.52 Å². The first kappa shape index (κ1) is 14.5. The lowest BCUT2D eigenvalue weighted by atomic mass is 10.1. The molecule has 0 amide bonds. The van der Waals surface area contributed by atoms with Gasteiger partial charge in [0.15, 0.2) is 0 Å². The van der Waals surface area contributed by atoms with Crippen molar-refractivity contribution < 1.29 is 0 Å². The van der Waals surface area contributed by atoms with E-state index in [0.717, 1.165) is 9.52 Å². The summed E-state index contributed by atoms with van der Waals surface area (Å²) in [5.74, 6) is 0. The van der Waals surface area contributed by atoms with Crippen molar-refractivity contribution in [2.24, 2.45) is 0 Å². The normalized spacial score (nSPS) is 10.6. The van der Waals surface area contributed by atoms with Gasteiger partial charge in [-0.2, -0.15) is 0 Å². The third-order valence-electron chi connectivity index (χ3n) is 3.13. The van der Waals surface area contributed by atoms with Gasteiger partial charge in [-0.3, -0.25) is 0 Å². The summed E-state index contributed by atoms with van der Waals surface area (Å²) < 4.78 is 0. The van der Waals surface area contributed by atoms with E-state index in [-0.39, 0.29) is 0 Å². The second-order valence-electron chi connectivity index (χ2n) is 4.77. The van der Waals surface area contributed by atoms with Crippen LogP contribution in [0.2, 0.25) is 6.04 Å². The van der Waals surface area contributed by atoms with Crippen LogP contribution < -0.4 is 5.19 Å². The third kappa shape index (κ3) is 8.20. The van der Waals surface area contributed by atoms with Crippen molar-refractivity contribution >= 4 is 14.7 Å². The molecule has 0 atom stereocenters. The standard InChI is InChI=1S/C16H26Si/c1-2-3-4-5-6-7-8-12-15-17-16-13-10-9-11-14-16/h9-11,13-14H,2-8,12,15H2,1H3. The Bertz CT molecular complexity index is 255. The van der Waals surface area contributed by atoms with E-state index in [1.807, 2.05) is 0 Å². The fraction of sp³-hybridized carbons (Fsp3) is 0.625. The van der Waals surface area contributed by atoms with Crippen LogP contribution in [0.5, 0.6) is 0 Å². The number of benzene rings is 1. The Morgan fingerprint density at radius 3 is 2.00 bits per heavy atom. The van der Waals surface area contributed by atoms with E-state index in [1.165, 1.54) is 62.6 Å². The highest BCUT2D eigenvalue weighted by Crippen LogP contribution is 2.09. The van der Waals surface area contributed by atoms with Crippen molar-refractivity contribution in [1.82, 2.24) is 0 Å². The Hall–Kier alpha value is -0.563. The molecule has 0 heterocycles. The van der Waals surface area contributed by atoms with Crippen LogP contribution >= 0.6 is 0 Å². The van der Waals surface area contributed by atoms with Gasteiger partial charge in [0.2, 0.25) is 0 Å². The van der Waals surface area contributed by atoms with Crippen LogP contribution in [-0.4, -0.2) is 9.52 Å². The summed E-state index contributed by atoms with van der Waals surface area (Å²) in [6.45, 7) is 2.28. The first-order valence-corrected chi connectivity index (χ1v) is 8.43. The average Bonchev–Trinajstić information content (AvgIpc) is 2.38. The zero-order valence-corrected chi connectivity index (χ0v) is 12.3. The second kappa shape index (κ2) is 10.6. The maximum atomic E-state index is 2.28. The first-order valence-electron chi connectivity index (χ1n) is 7.22. The van der Waals surface area contributed by atoms with Crippen molar-refractivity contribution in [2.45, 2.75) is 64.3 Å². The highest BCUT2D eigenvalue weighted by atomic mass is 28.2. The fourth-order valence-corrected chi connectivity index (χ4v) is 3.19. The van der Waals surface area contributed by atoms with Gasteiger partial charge in [-0.15, -0.1) is 0 Å². The predicted molar refractivity (Wildman–Crippen MR) is 79.2 cm³/mol. The van der Waals surface area contributed by atoms with Gasteiger partial charge in [0, 0.05) is 0 Å². The van der Waals surface area contributed by atoms with Gasteiger partial charge >= 0.3 is 0 Å². The molecule has 0 fully saturated rings. The maximum absolute atomic E-state index is 2.28. The summed E-state index contributed by atoms with van der Waals surface area (Å²) in [5, 5.41) is 1.52. The molecule has 1 aromatic rings. The number of hydrogen-bond donors (Lipinski definition) is 0. The zero-order valence-electron chi connectivity index (χ0n) is 11.3. The monoisotopic (exact) mass is 246 g/mol. The molecule has 1 heteroatoms. The van der Waals surface area contributed by atoms with Crippen LogP contribution in [0.1, 0.15) is 58.3 Å². The maximum Gasteiger partial charge on any atom is 0.0807 e. The van der Waals surface area contributed by atoms with Crippen LogP contribution in [0.15, 0.2) is 30.3 Å². The largest absolute Gasteiger partial charge is 0.0807 e. The van der Waals surface area contributed by atoms with E-state index in [1.54, 1.807) is 0 Å². The molecule has 0 aromatic heterocycles. The molecule has 0 aliphatic heterocycles. The molecule has 0 bridgehead atoms. The van der Waals surface area contributed by atoms with Gasteiger partial charge < -0.3 is 0 Å². The topological polar surface area (TPSA) is 0 Å². The Morgan fingerprint density at radius 2 is 1.35 bits per heavy atom. The molecule has 94 valence electrons. The summed E-state index contributed by atoms with van der Waals surface area (Å²) in [6, 6.07) is 12.3. The second-order valence-corrected chi connectivity index (χ2v) is 6.20. The molecule has 0 nitrogen and oxygen atoms in total. The minimum Gasteiger partial charge on any atom is -0.0654 e. The summed E-state index contributed by atoms with van der Waals surface area (Å²) >= 11 is 0. The van der Waals surface area contributed by atoms with Gasteiger partial charge in [-0.05, 0) is 0 Å². The van der Waals surface area contributed by atoms with Crippen molar-refractivity contribution in [2.75, 3.05) is 0 Å². The molecular formula is C16H26Si. The molecule has 1 rings (SSSR count). The molecule has 17 heavy (non-hydrogen) atoms.